The van der Waals surface area contributed by atoms with E-state index in [0.717, 1.165) is 19.3 Å². The lowest BCUT2D eigenvalue weighted by atomic mass is 9.83. The van der Waals surface area contributed by atoms with Crippen LogP contribution in [0.3, 0.4) is 0 Å². The Labute approximate surface area is 108 Å². The maximum Gasteiger partial charge on any atom is 0.305 e. The molecule has 104 valence electrons. The van der Waals surface area contributed by atoms with Crippen molar-refractivity contribution < 1.29 is 14.7 Å². The maximum absolute atomic E-state index is 11.8. The van der Waals surface area contributed by atoms with Crippen LogP contribution in [0, 0.1) is 5.92 Å². The van der Waals surface area contributed by atoms with E-state index in [2.05, 4.69) is 5.32 Å². The van der Waals surface area contributed by atoms with Crippen molar-refractivity contribution in [1.29, 1.82) is 0 Å². The molecule has 0 spiro atoms. The van der Waals surface area contributed by atoms with Crippen molar-refractivity contribution in [3.63, 3.8) is 0 Å². The molecule has 1 rings (SSSR count). The Bertz CT molecular complexity index is 288. The molecule has 1 fully saturated rings. The third kappa shape index (κ3) is 4.64. The van der Waals surface area contributed by atoms with E-state index >= 15 is 0 Å². The molecule has 1 saturated carbocycles. The minimum absolute atomic E-state index is 0.137. The van der Waals surface area contributed by atoms with Crippen LogP contribution in [0.5, 0.6) is 0 Å². The largest absolute Gasteiger partial charge is 0.481 e. The summed E-state index contributed by atoms with van der Waals surface area (Å²) < 4.78 is 0. The van der Waals surface area contributed by atoms with E-state index in [-0.39, 0.29) is 18.4 Å². The molecule has 5 nitrogen and oxygen atoms in total. The molecule has 1 amide bonds. The molecule has 0 aromatic carbocycles. The van der Waals surface area contributed by atoms with Crippen molar-refractivity contribution in [2.75, 3.05) is 0 Å². The zero-order chi connectivity index (χ0) is 13.5. The first-order chi connectivity index (χ1) is 8.54. The van der Waals surface area contributed by atoms with Crippen LogP contribution in [0.25, 0.3) is 0 Å². The van der Waals surface area contributed by atoms with Gasteiger partial charge >= 0.3 is 5.97 Å². The number of amides is 1. The number of nitrogens with one attached hydrogen (secondary N) is 1. The predicted octanol–water partition coefficient (Wildman–Crippen LogP) is 1.26. The molecule has 0 aliphatic heterocycles. The van der Waals surface area contributed by atoms with Crippen molar-refractivity contribution in [2.45, 2.75) is 64.0 Å². The fraction of sp³-hybridized carbons (Fsp3) is 0.846. The van der Waals surface area contributed by atoms with Crippen LogP contribution in [0.1, 0.15) is 51.9 Å². The van der Waals surface area contributed by atoms with Crippen LogP contribution in [0.4, 0.5) is 0 Å². The van der Waals surface area contributed by atoms with E-state index in [4.69, 9.17) is 10.8 Å². The molecule has 0 aromatic rings. The Morgan fingerprint density at radius 3 is 2.44 bits per heavy atom. The standard InChI is InChI=1S/C13H24N2O3/c1-2-11(9-6-4-3-5-7-9)15-13(18)10(14)8-12(16)17/h9-11H,2-8,14H2,1H3,(H,15,18)(H,16,17). The monoisotopic (exact) mass is 256 g/mol. The van der Waals surface area contributed by atoms with E-state index in [1.165, 1.54) is 19.3 Å². The predicted molar refractivity (Wildman–Crippen MR) is 69.0 cm³/mol. The summed E-state index contributed by atoms with van der Waals surface area (Å²) in [4.78, 5) is 22.3. The van der Waals surface area contributed by atoms with E-state index in [9.17, 15) is 9.59 Å². The van der Waals surface area contributed by atoms with Gasteiger partial charge in [-0.2, -0.15) is 0 Å². The first-order valence-corrected chi connectivity index (χ1v) is 6.82. The van der Waals surface area contributed by atoms with Crippen LogP contribution in [0.2, 0.25) is 0 Å². The average molecular weight is 256 g/mol. The summed E-state index contributed by atoms with van der Waals surface area (Å²) in [5.74, 6) is -0.858. The first kappa shape index (κ1) is 15.0. The Kier molecular flexibility index (Phi) is 6.12. The lowest BCUT2D eigenvalue weighted by Crippen LogP contribution is -2.48. The molecular formula is C13H24N2O3. The Morgan fingerprint density at radius 1 is 1.33 bits per heavy atom. The third-order valence-corrected chi connectivity index (χ3v) is 3.72. The summed E-state index contributed by atoms with van der Waals surface area (Å²) >= 11 is 0. The molecule has 0 bridgehead atoms. The van der Waals surface area contributed by atoms with E-state index < -0.39 is 12.0 Å². The summed E-state index contributed by atoms with van der Waals surface area (Å²) in [6, 6.07) is -0.808. The molecule has 0 saturated heterocycles. The second kappa shape index (κ2) is 7.36. The van der Waals surface area contributed by atoms with Gasteiger partial charge in [0, 0.05) is 6.04 Å². The van der Waals surface area contributed by atoms with Crippen molar-refractivity contribution >= 4 is 11.9 Å². The van der Waals surface area contributed by atoms with Crippen LogP contribution in [0.15, 0.2) is 0 Å². The second-order valence-electron chi connectivity index (χ2n) is 5.13. The minimum atomic E-state index is -1.04. The number of hydrogen-bond donors (Lipinski definition) is 3. The van der Waals surface area contributed by atoms with Crippen molar-refractivity contribution in [1.82, 2.24) is 5.32 Å². The smallest absolute Gasteiger partial charge is 0.305 e. The first-order valence-electron chi connectivity index (χ1n) is 6.82. The van der Waals surface area contributed by atoms with E-state index in [1.54, 1.807) is 0 Å². The number of carbonyl (C=O) groups excluding carboxylic acids is 1. The highest BCUT2D eigenvalue weighted by Crippen LogP contribution is 2.27. The average Bonchev–Trinajstić information content (AvgIpc) is 2.35. The summed E-state index contributed by atoms with van der Waals surface area (Å²) in [7, 11) is 0. The Morgan fingerprint density at radius 2 is 1.94 bits per heavy atom. The summed E-state index contributed by atoms with van der Waals surface area (Å²) in [5, 5.41) is 11.5. The molecule has 0 aromatic heterocycles. The molecule has 0 heterocycles. The van der Waals surface area contributed by atoms with Gasteiger partial charge in [-0.25, -0.2) is 0 Å². The topological polar surface area (TPSA) is 92.4 Å². The van der Waals surface area contributed by atoms with Gasteiger partial charge in [0.2, 0.25) is 5.91 Å². The molecule has 18 heavy (non-hydrogen) atoms. The maximum atomic E-state index is 11.8. The number of hydrogen-bond acceptors (Lipinski definition) is 3. The van der Waals surface area contributed by atoms with Gasteiger partial charge in [-0.3, -0.25) is 9.59 Å². The van der Waals surface area contributed by atoms with Crippen molar-refractivity contribution in [3.8, 4) is 0 Å². The fourth-order valence-electron chi connectivity index (χ4n) is 2.66. The molecule has 2 atom stereocenters. The van der Waals surface area contributed by atoms with Gasteiger partial charge in [0.15, 0.2) is 0 Å². The Balaban J connectivity index is 2.46. The lowest BCUT2D eigenvalue weighted by molar-refractivity contribution is -0.139. The highest BCUT2D eigenvalue weighted by Gasteiger charge is 2.26. The van der Waals surface area contributed by atoms with Gasteiger partial charge < -0.3 is 16.2 Å². The van der Waals surface area contributed by atoms with Gasteiger partial charge in [-0.05, 0) is 25.2 Å². The summed E-state index contributed by atoms with van der Waals surface area (Å²) in [6.07, 6.45) is 6.57. The van der Waals surface area contributed by atoms with Gasteiger partial charge in [-0.15, -0.1) is 0 Å². The number of carboxylic acids is 1. The summed E-state index contributed by atoms with van der Waals surface area (Å²) in [5.41, 5.74) is 5.56. The third-order valence-electron chi connectivity index (χ3n) is 3.72. The van der Waals surface area contributed by atoms with Crippen LogP contribution >= 0.6 is 0 Å². The van der Waals surface area contributed by atoms with Crippen LogP contribution < -0.4 is 11.1 Å². The highest BCUT2D eigenvalue weighted by atomic mass is 16.4. The van der Waals surface area contributed by atoms with Gasteiger partial charge in [0.05, 0.1) is 12.5 Å². The molecule has 1 aliphatic rings. The number of carboxylic acid groups (broad SMARTS) is 1. The van der Waals surface area contributed by atoms with Gasteiger partial charge in [-0.1, -0.05) is 26.2 Å². The zero-order valence-electron chi connectivity index (χ0n) is 11.0. The molecule has 0 radical (unpaired) electrons. The SMILES string of the molecule is CCC(NC(=O)C(N)CC(=O)O)C1CCCCC1. The van der Waals surface area contributed by atoms with E-state index in [1.807, 2.05) is 6.92 Å². The van der Waals surface area contributed by atoms with Crippen LogP contribution in [-0.4, -0.2) is 29.1 Å². The number of nitrogens with two attached hydrogens (primary N) is 1. The minimum Gasteiger partial charge on any atom is -0.481 e. The summed E-state index contributed by atoms with van der Waals surface area (Å²) in [6.45, 7) is 2.04. The number of carbonyl (C=O) groups is 2. The van der Waals surface area contributed by atoms with Crippen LogP contribution in [-0.2, 0) is 9.59 Å². The van der Waals surface area contributed by atoms with Crippen molar-refractivity contribution in [3.05, 3.63) is 0 Å². The molecular weight excluding hydrogens is 232 g/mol. The molecule has 5 heteroatoms. The Hall–Kier alpha value is -1.10. The normalized spacial score (nSPS) is 20.1. The lowest BCUT2D eigenvalue weighted by Gasteiger charge is -2.30. The van der Waals surface area contributed by atoms with Gasteiger partial charge in [0.1, 0.15) is 0 Å². The van der Waals surface area contributed by atoms with E-state index in [0.29, 0.717) is 5.92 Å². The number of rotatable bonds is 6. The zero-order valence-corrected chi connectivity index (χ0v) is 11.0. The second-order valence-corrected chi connectivity index (χ2v) is 5.13. The molecule has 2 unspecified atom stereocenters. The number of aliphatic carboxylic acids is 1. The molecule has 1 aliphatic carbocycles. The fourth-order valence-corrected chi connectivity index (χ4v) is 2.66. The van der Waals surface area contributed by atoms with Crippen molar-refractivity contribution in [2.24, 2.45) is 11.7 Å². The molecule has 4 N–H and O–H groups in total. The highest BCUT2D eigenvalue weighted by molar-refractivity contribution is 5.86. The van der Waals surface area contributed by atoms with Gasteiger partial charge in [0.25, 0.3) is 0 Å². The quantitative estimate of drug-likeness (QED) is 0.667.